The minimum Gasteiger partial charge on any atom is -0.506 e. The van der Waals surface area contributed by atoms with Gasteiger partial charge in [-0.3, -0.25) is 0 Å². The zero-order chi connectivity index (χ0) is 8.27. The predicted molar refractivity (Wildman–Crippen MR) is 44.0 cm³/mol. The van der Waals surface area contributed by atoms with Gasteiger partial charge in [0, 0.05) is 0 Å². The first kappa shape index (κ1) is 7.83. The Labute approximate surface area is 67.3 Å². The number of hydrazone groups is 1. The van der Waals surface area contributed by atoms with Crippen LogP contribution in [0.4, 0.5) is 0 Å². The molecule has 1 aromatic rings. The van der Waals surface area contributed by atoms with E-state index < -0.39 is 0 Å². The predicted octanol–water partition coefficient (Wildman–Crippen LogP) is -0.463. The van der Waals surface area contributed by atoms with Crippen LogP contribution in [0, 0.1) is 0 Å². The smallest absolute Gasteiger partial charge is 0.180 e. The van der Waals surface area contributed by atoms with Gasteiger partial charge in [-0.25, -0.2) is 5.84 Å². The molecule has 0 fully saturated rings. The molecule has 1 heterocycles. The lowest BCUT2D eigenvalue weighted by Gasteiger charge is -1.99. The van der Waals surface area contributed by atoms with Crippen LogP contribution in [0.5, 0.6) is 5.75 Å². The largest absolute Gasteiger partial charge is 0.506 e. The van der Waals surface area contributed by atoms with Crippen molar-refractivity contribution in [3.8, 4) is 5.75 Å². The molecule has 6 heteroatoms. The third-order valence-electron chi connectivity index (χ3n) is 1.13. The fourth-order valence-electron chi connectivity index (χ4n) is 0.641. The van der Waals surface area contributed by atoms with E-state index in [2.05, 4.69) is 10.5 Å². The van der Waals surface area contributed by atoms with E-state index in [1.807, 2.05) is 0 Å². The zero-order valence-electron chi connectivity index (χ0n) is 5.61. The molecule has 0 saturated heterocycles. The molecule has 0 aromatic carbocycles. The van der Waals surface area contributed by atoms with Crippen molar-refractivity contribution in [2.45, 2.75) is 0 Å². The van der Waals surface area contributed by atoms with Crippen molar-refractivity contribution in [1.82, 2.24) is 5.43 Å². The van der Waals surface area contributed by atoms with Crippen LogP contribution in [0.25, 0.3) is 0 Å². The van der Waals surface area contributed by atoms with Crippen molar-refractivity contribution in [2.75, 3.05) is 0 Å². The molecule has 0 unspecified atom stereocenters. The van der Waals surface area contributed by atoms with E-state index in [1.165, 1.54) is 11.3 Å². The van der Waals surface area contributed by atoms with Gasteiger partial charge in [0.25, 0.3) is 0 Å². The van der Waals surface area contributed by atoms with E-state index >= 15 is 0 Å². The molecule has 0 spiro atoms. The third kappa shape index (κ3) is 1.41. The molecule has 0 atom stereocenters. The maximum atomic E-state index is 9.16. The molecule has 0 saturated carbocycles. The monoisotopic (exact) mass is 172 g/mol. The van der Waals surface area contributed by atoms with Crippen LogP contribution < -0.4 is 17.1 Å². The van der Waals surface area contributed by atoms with Crippen LogP contribution in [-0.4, -0.2) is 10.9 Å². The van der Waals surface area contributed by atoms with Gasteiger partial charge >= 0.3 is 0 Å². The average Bonchev–Trinajstić information content (AvgIpc) is 2.40. The molecule has 0 amide bonds. The lowest BCUT2D eigenvalue weighted by atomic mass is 10.4. The molecule has 0 aliphatic rings. The highest BCUT2D eigenvalue weighted by atomic mass is 32.1. The van der Waals surface area contributed by atoms with E-state index in [1.54, 1.807) is 11.4 Å². The van der Waals surface area contributed by atoms with Crippen molar-refractivity contribution < 1.29 is 5.11 Å². The molecule has 0 radical (unpaired) electrons. The highest BCUT2D eigenvalue weighted by molar-refractivity contribution is 7.12. The molecular weight excluding hydrogens is 164 g/mol. The highest BCUT2D eigenvalue weighted by Crippen LogP contribution is 2.22. The summed E-state index contributed by atoms with van der Waals surface area (Å²) >= 11 is 1.30. The zero-order valence-corrected chi connectivity index (χ0v) is 6.43. The Morgan fingerprint density at radius 1 is 1.73 bits per heavy atom. The Morgan fingerprint density at radius 2 is 2.45 bits per heavy atom. The van der Waals surface area contributed by atoms with E-state index in [0.717, 1.165) is 0 Å². The molecule has 1 rings (SSSR count). The van der Waals surface area contributed by atoms with Crippen molar-refractivity contribution in [3.05, 3.63) is 16.3 Å². The molecule has 1 aromatic heterocycles. The number of rotatable bonds is 1. The number of nitrogens with one attached hydrogen (secondary N) is 1. The van der Waals surface area contributed by atoms with Crippen LogP contribution in [0.15, 0.2) is 16.5 Å². The second-order valence-corrected chi connectivity index (χ2v) is 2.67. The molecule has 11 heavy (non-hydrogen) atoms. The Hall–Kier alpha value is -1.27. The molecule has 0 aliphatic carbocycles. The summed E-state index contributed by atoms with van der Waals surface area (Å²) in [6.45, 7) is 0. The van der Waals surface area contributed by atoms with Gasteiger partial charge in [0.05, 0.1) is 0 Å². The van der Waals surface area contributed by atoms with E-state index in [-0.39, 0.29) is 11.6 Å². The third-order valence-corrected chi connectivity index (χ3v) is 2.04. The van der Waals surface area contributed by atoms with Crippen LogP contribution >= 0.6 is 11.3 Å². The summed E-state index contributed by atoms with van der Waals surface area (Å²) in [6, 6.07) is 1.54. The summed E-state index contributed by atoms with van der Waals surface area (Å²) in [5.41, 5.74) is 2.27. The van der Waals surface area contributed by atoms with E-state index in [9.17, 15) is 0 Å². The Balaban J connectivity index is 3.00. The Kier molecular flexibility index (Phi) is 2.29. The van der Waals surface area contributed by atoms with Crippen molar-refractivity contribution in [2.24, 2.45) is 16.8 Å². The van der Waals surface area contributed by atoms with Crippen molar-refractivity contribution >= 4 is 17.2 Å². The summed E-state index contributed by atoms with van der Waals surface area (Å²) in [4.78, 5) is 0.537. The highest BCUT2D eigenvalue weighted by Gasteiger charge is 2.07. The molecule has 60 valence electrons. The van der Waals surface area contributed by atoms with Crippen LogP contribution in [0.3, 0.4) is 0 Å². The molecule has 6 N–H and O–H groups in total. The van der Waals surface area contributed by atoms with Crippen LogP contribution in [0.2, 0.25) is 0 Å². The topological polar surface area (TPSA) is 96.7 Å². The number of amidine groups is 1. The number of nitrogens with zero attached hydrogens (tertiary/aromatic N) is 1. The molecular formula is C5H8N4OS. The van der Waals surface area contributed by atoms with E-state index in [4.69, 9.17) is 16.8 Å². The summed E-state index contributed by atoms with van der Waals surface area (Å²) in [7, 11) is 0. The summed E-state index contributed by atoms with van der Waals surface area (Å²) in [5, 5.41) is 14.2. The maximum absolute atomic E-state index is 9.16. The van der Waals surface area contributed by atoms with Gasteiger partial charge in [-0.15, -0.1) is 11.3 Å². The number of hydrogen-bond donors (Lipinski definition) is 4. The van der Waals surface area contributed by atoms with Gasteiger partial charge < -0.3 is 16.4 Å². The van der Waals surface area contributed by atoms with Gasteiger partial charge in [-0.2, -0.15) is 5.10 Å². The van der Waals surface area contributed by atoms with Gasteiger partial charge in [-0.05, 0) is 11.4 Å². The first-order chi connectivity index (χ1) is 5.29. The first-order valence-corrected chi connectivity index (χ1v) is 3.69. The molecule has 0 bridgehead atoms. The van der Waals surface area contributed by atoms with E-state index in [0.29, 0.717) is 4.88 Å². The van der Waals surface area contributed by atoms with Crippen LogP contribution in [-0.2, 0) is 0 Å². The maximum Gasteiger partial charge on any atom is 0.180 e. The fourth-order valence-corrected chi connectivity index (χ4v) is 1.39. The number of thiophene rings is 1. The molecule has 0 aliphatic heterocycles. The van der Waals surface area contributed by atoms with Gasteiger partial charge in [0.2, 0.25) is 0 Å². The average molecular weight is 172 g/mol. The lowest BCUT2D eigenvalue weighted by molar-refractivity contribution is 0.476. The molecule has 5 nitrogen and oxygen atoms in total. The van der Waals surface area contributed by atoms with Crippen molar-refractivity contribution in [1.29, 1.82) is 0 Å². The van der Waals surface area contributed by atoms with Crippen molar-refractivity contribution in [3.63, 3.8) is 0 Å². The minimum absolute atomic E-state index is 0.122. The summed E-state index contributed by atoms with van der Waals surface area (Å²) < 4.78 is 0. The lowest BCUT2D eigenvalue weighted by Crippen LogP contribution is -2.31. The second-order valence-electron chi connectivity index (χ2n) is 1.76. The van der Waals surface area contributed by atoms with Gasteiger partial charge in [-0.1, -0.05) is 0 Å². The summed E-state index contributed by atoms with van der Waals surface area (Å²) in [6.07, 6.45) is 0. The van der Waals surface area contributed by atoms with Gasteiger partial charge in [0.15, 0.2) is 5.84 Å². The number of hydrogen-bond acceptors (Lipinski definition) is 5. The minimum atomic E-state index is 0.122. The summed E-state index contributed by atoms with van der Waals surface area (Å²) in [5.74, 6) is 10.5. The quantitative estimate of drug-likeness (QED) is 0.199. The number of nitrogens with two attached hydrogens (primary N) is 2. The SMILES string of the molecule is N/N=C(\NN)c1sccc1O. The second kappa shape index (κ2) is 3.22. The first-order valence-electron chi connectivity index (χ1n) is 2.81. The fraction of sp³-hybridized carbons (Fsp3) is 0. The van der Waals surface area contributed by atoms with Gasteiger partial charge in [0.1, 0.15) is 10.6 Å². The standard InChI is InChI=1S/C5H8N4OS/c6-8-5(9-7)4-3(10)1-2-11-4/h1-2,10H,6-7H2,(H,8,9). The number of aromatic hydroxyl groups is 1. The normalized spacial score (nSPS) is 11.5. The Morgan fingerprint density at radius 3 is 2.82 bits per heavy atom. The van der Waals surface area contributed by atoms with Crippen LogP contribution in [0.1, 0.15) is 4.88 Å². The Bertz CT molecular complexity index is 269. The number of hydrazine groups is 1.